The van der Waals surface area contributed by atoms with E-state index in [0.717, 1.165) is 34.8 Å². The van der Waals surface area contributed by atoms with Crippen molar-refractivity contribution in [3.63, 3.8) is 0 Å². The predicted octanol–water partition coefficient (Wildman–Crippen LogP) is 0.958. The molecule has 5 nitrogen and oxygen atoms in total. The van der Waals surface area contributed by atoms with Crippen LogP contribution in [0.15, 0.2) is 0 Å². The van der Waals surface area contributed by atoms with E-state index in [9.17, 15) is 4.79 Å². The number of nitrogens with zero attached hydrogens (tertiary/aromatic N) is 1. The molecule has 1 aliphatic heterocycles. The van der Waals surface area contributed by atoms with Crippen LogP contribution < -0.4 is 10.6 Å². The van der Waals surface area contributed by atoms with Crippen LogP contribution in [0.5, 0.6) is 0 Å². The van der Waals surface area contributed by atoms with Crippen molar-refractivity contribution >= 4 is 17.6 Å². The molecule has 2 atom stereocenters. The van der Waals surface area contributed by atoms with E-state index in [1.165, 1.54) is 12.8 Å². The lowest BCUT2D eigenvalue weighted by Crippen LogP contribution is -2.44. The molecule has 0 amide bonds. The molecular weight excluding hydrogens is 274 g/mol. The summed E-state index contributed by atoms with van der Waals surface area (Å²) >= 11 is 1.65. The zero-order valence-electron chi connectivity index (χ0n) is 11.9. The highest BCUT2D eigenvalue weighted by molar-refractivity contribution is 7.11. The number of aryl methyl sites for hydroxylation is 1. The van der Waals surface area contributed by atoms with Crippen molar-refractivity contribution in [1.82, 2.24) is 15.6 Å². The first-order valence-electron chi connectivity index (χ1n) is 7.23. The number of hydrogen-bond donors (Lipinski definition) is 3. The van der Waals surface area contributed by atoms with E-state index in [1.54, 1.807) is 11.3 Å². The van der Waals surface area contributed by atoms with Crippen LogP contribution in [-0.4, -0.2) is 42.1 Å². The number of nitrogens with one attached hydrogen (secondary N) is 2. The van der Waals surface area contributed by atoms with Crippen LogP contribution in [0, 0.1) is 6.92 Å². The minimum atomic E-state index is 0.0802. The van der Waals surface area contributed by atoms with Crippen LogP contribution in [0.3, 0.4) is 0 Å². The van der Waals surface area contributed by atoms with Gasteiger partial charge in [-0.25, -0.2) is 4.98 Å². The molecule has 0 saturated carbocycles. The number of hydrogen-bond acceptors (Lipinski definition) is 6. The van der Waals surface area contributed by atoms with Crippen LogP contribution in [0.4, 0.5) is 0 Å². The third-order valence-electron chi connectivity index (χ3n) is 3.69. The number of rotatable bonds is 7. The molecule has 1 saturated heterocycles. The standard InChI is InChI=1S/C14H23N3O2S/c1-10-12(5-8-18)20-14(17-10)13(16-7-9-19)11-4-2-3-6-15-11/h9,11,13,15-16,18H,2-8H2,1H3. The minimum Gasteiger partial charge on any atom is -0.396 e. The van der Waals surface area contributed by atoms with Gasteiger partial charge in [-0.3, -0.25) is 5.32 Å². The van der Waals surface area contributed by atoms with Gasteiger partial charge in [0.1, 0.15) is 11.3 Å². The van der Waals surface area contributed by atoms with E-state index >= 15 is 0 Å². The summed E-state index contributed by atoms with van der Waals surface area (Å²) in [5.74, 6) is 0. The first kappa shape index (κ1) is 15.6. The van der Waals surface area contributed by atoms with Crippen LogP contribution in [-0.2, 0) is 11.2 Å². The predicted molar refractivity (Wildman–Crippen MR) is 80.1 cm³/mol. The monoisotopic (exact) mass is 297 g/mol. The summed E-state index contributed by atoms with van der Waals surface area (Å²) in [7, 11) is 0. The Kier molecular flexibility index (Phi) is 6.09. The smallest absolute Gasteiger partial charge is 0.133 e. The number of aliphatic hydroxyl groups is 1. The molecule has 0 aromatic carbocycles. The molecule has 1 fully saturated rings. The number of aldehydes is 1. The molecule has 6 heteroatoms. The molecule has 2 heterocycles. The van der Waals surface area contributed by atoms with E-state index in [1.807, 2.05) is 6.92 Å². The molecule has 20 heavy (non-hydrogen) atoms. The molecule has 2 rings (SSSR count). The van der Waals surface area contributed by atoms with Crippen molar-refractivity contribution in [2.45, 2.75) is 44.7 Å². The Morgan fingerprint density at radius 1 is 1.60 bits per heavy atom. The van der Waals surface area contributed by atoms with Crippen molar-refractivity contribution in [2.75, 3.05) is 19.7 Å². The lowest BCUT2D eigenvalue weighted by Gasteiger charge is -2.30. The van der Waals surface area contributed by atoms with Gasteiger partial charge in [-0.1, -0.05) is 6.42 Å². The molecule has 1 aromatic heterocycles. The maximum Gasteiger partial charge on any atom is 0.133 e. The van der Waals surface area contributed by atoms with Crippen molar-refractivity contribution in [1.29, 1.82) is 0 Å². The van der Waals surface area contributed by atoms with Gasteiger partial charge in [-0.15, -0.1) is 11.3 Å². The van der Waals surface area contributed by atoms with Crippen molar-refractivity contribution < 1.29 is 9.90 Å². The van der Waals surface area contributed by atoms with E-state index in [-0.39, 0.29) is 12.6 Å². The number of aromatic nitrogens is 1. The van der Waals surface area contributed by atoms with Gasteiger partial charge >= 0.3 is 0 Å². The number of thiazole rings is 1. The van der Waals surface area contributed by atoms with Gasteiger partial charge in [0, 0.05) is 23.9 Å². The zero-order valence-corrected chi connectivity index (χ0v) is 12.7. The van der Waals surface area contributed by atoms with Gasteiger partial charge < -0.3 is 15.2 Å². The molecule has 2 unspecified atom stereocenters. The van der Waals surface area contributed by atoms with Crippen LogP contribution in [0.1, 0.15) is 40.9 Å². The number of carbonyl (C=O) groups is 1. The fourth-order valence-electron chi connectivity index (χ4n) is 2.66. The molecule has 0 aliphatic carbocycles. The second-order valence-electron chi connectivity index (χ2n) is 5.14. The molecule has 112 valence electrons. The fourth-order valence-corrected chi connectivity index (χ4v) is 3.85. The van der Waals surface area contributed by atoms with E-state index in [2.05, 4.69) is 15.6 Å². The van der Waals surface area contributed by atoms with E-state index in [4.69, 9.17) is 5.11 Å². The van der Waals surface area contributed by atoms with Crippen LogP contribution >= 0.6 is 11.3 Å². The number of aliphatic hydroxyl groups excluding tert-OH is 1. The van der Waals surface area contributed by atoms with Gasteiger partial charge in [0.05, 0.1) is 18.3 Å². The highest BCUT2D eigenvalue weighted by Gasteiger charge is 2.27. The quantitative estimate of drug-likeness (QED) is 0.654. The Morgan fingerprint density at radius 3 is 3.10 bits per heavy atom. The van der Waals surface area contributed by atoms with Crippen molar-refractivity contribution in [3.05, 3.63) is 15.6 Å². The summed E-state index contributed by atoms with van der Waals surface area (Å²) in [6.45, 7) is 3.50. The Morgan fingerprint density at radius 2 is 2.45 bits per heavy atom. The molecule has 0 spiro atoms. The normalized spacial score (nSPS) is 20.8. The average Bonchev–Trinajstić information content (AvgIpc) is 2.82. The number of carbonyl (C=O) groups excluding carboxylic acids is 1. The number of piperidine rings is 1. The summed E-state index contributed by atoms with van der Waals surface area (Å²) in [5.41, 5.74) is 0.993. The Hall–Kier alpha value is -0.820. The molecule has 0 radical (unpaired) electrons. The largest absolute Gasteiger partial charge is 0.396 e. The summed E-state index contributed by atoms with van der Waals surface area (Å²) in [4.78, 5) is 16.4. The summed E-state index contributed by atoms with van der Waals surface area (Å²) in [6.07, 6.45) is 5.08. The first-order chi connectivity index (χ1) is 9.76. The van der Waals surface area contributed by atoms with Gasteiger partial charge in [0.15, 0.2) is 0 Å². The first-order valence-corrected chi connectivity index (χ1v) is 8.05. The molecular formula is C14H23N3O2S. The topological polar surface area (TPSA) is 74.2 Å². The summed E-state index contributed by atoms with van der Waals surface area (Å²) in [6, 6.07) is 0.410. The molecule has 1 aromatic rings. The molecule has 0 bridgehead atoms. The highest BCUT2D eigenvalue weighted by Crippen LogP contribution is 2.28. The zero-order chi connectivity index (χ0) is 14.4. The van der Waals surface area contributed by atoms with E-state index < -0.39 is 0 Å². The minimum absolute atomic E-state index is 0.0802. The molecule has 1 aliphatic rings. The third-order valence-corrected chi connectivity index (χ3v) is 4.99. The van der Waals surface area contributed by atoms with Gasteiger partial charge in [0.2, 0.25) is 0 Å². The Bertz CT molecular complexity index is 430. The Labute approximate surface area is 123 Å². The Balaban J connectivity index is 2.15. The van der Waals surface area contributed by atoms with Gasteiger partial charge in [-0.05, 0) is 26.3 Å². The van der Waals surface area contributed by atoms with Crippen molar-refractivity contribution in [2.24, 2.45) is 0 Å². The maximum atomic E-state index is 10.7. The SMILES string of the molecule is Cc1nc(C(NCC=O)C2CCCCN2)sc1CCO. The van der Waals surface area contributed by atoms with Gasteiger partial charge in [-0.2, -0.15) is 0 Å². The van der Waals surface area contributed by atoms with E-state index in [0.29, 0.717) is 19.0 Å². The summed E-state index contributed by atoms with van der Waals surface area (Å²) in [5, 5.41) is 16.9. The second kappa shape index (κ2) is 7.83. The molecule has 3 N–H and O–H groups in total. The average molecular weight is 297 g/mol. The maximum absolute atomic E-state index is 10.7. The van der Waals surface area contributed by atoms with Gasteiger partial charge in [0.25, 0.3) is 0 Å². The highest BCUT2D eigenvalue weighted by atomic mass is 32.1. The second-order valence-corrected chi connectivity index (χ2v) is 6.26. The summed E-state index contributed by atoms with van der Waals surface area (Å²) < 4.78 is 0. The lowest BCUT2D eigenvalue weighted by molar-refractivity contribution is -0.107. The van der Waals surface area contributed by atoms with Crippen molar-refractivity contribution in [3.8, 4) is 0 Å². The fraction of sp³-hybridized carbons (Fsp3) is 0.714. The third kappa shape index (κ3) is 3.85. The van der Waals surface area contributed by atoms with Crippen LogP contribution in [0.25, 0.3) is 0 Å². The van der Waals surface area contributed by atoms with Crippen LogP contribution in [0.2, 0.25) is 0 Å². The lowest BCUT2D eigenvalue weighted by atomic mass is 9.98.